The Kier molecular flexibility index (Phi) is 10.5. The van der Waals surface area contributed by atoms with Gasteiger partial charge in [0.05, 0.1) is 16.1 Å². The molecule has 1 heterocycles. The quantitative estimate of drug-likeness (QED) is 0.385. The van der Waals surface area contributed by atoms with Crippen molar-refractivity contribution in [2.75, 3.05) is 38.7 Å². The summed E-state index contributed by atoms with van der Waals surface area (Å²) in [5.41, 5.74) is 2.63. The summed E-state index contributed by atoms with van der Waals surface area (Å²) in [6, 6.07) is 11.4. The van der Waals surface area contributed by atoms with Crippen LogP contribution in [0.1, 0.15) is 44.1 Å². The first-order valence-corrected chi connectivity index (χ1v) is 15.9. The Morgan fingerprint density at radius 1 is 1.05 bits per heavy atom. The zero-order valence-electron chi connectivity index (χ0n) is 22.3. The molecule has 39 heavy (non-hydrogen) atoms. The van der Waals surface area contributed by atoms with E-state index in [0.717, 1.165) is 32.1 Å². The number of rotatable bonds is 9. The average molecular weight is 617 g/mol. The van der Waals surface area contributed by atoms with Crippen molar-refractivity contribution >= 4 is 56.4 Å². The average Bonchev–Trinajstić information content (AvgIpc) is 2.88. The fourth-order valence-electron chi connectivity index (χ4n) is 5.57. The normalized spacial score (nSPS) is 22.4. The van der Waals surface area contributed by atoms with Gasteiger partial charge in [-0.2, -0.15) is 4.31 Å². The lowest BCUT2D eigenvalue weighted by atomic mass is 9.82. The lowest BCUT2D eigenvalue weighted by Crippen LogP contribution is -2.45. The number of amides is 1. The van der Waals surface area contributed by atoms with Crippen LogP contribution in [0, 0.1) is 5.92 Å². The van der Waals surface area contributed by atoms with Gasteiger partial charge in [-0.1, -0.05) is 53.0 Å². The van der Waals surface area contributed by atoms with Crippen LogP contribution < -0.4 is 10.2 Å². The van der Waals surface area contributed by atoms with Crippen molar-refractivity contribution in [3.8, 4) is 0 Å². The number of carbonyl (C=O) groups excluding carboxylic acids is 1. The second-order valence-corrected chi connectivity index (χ2v) is 13.8. The summed E-state index contributed by atoms with van der Waals surface area (Å²) >= 11 is 18.3. The van der Waals surface area contributed by atoms with Crippen molar-refractivity contribution in [2.45, 2.75) is 62.0 Å². The van der Waals surface area contributed by atoms with Crippen molar-refractivity contribution in [3.63, 3.8) is 0 Å². The number of nitrogens with one attached hydrogen (secondary N) is 1. The number of anilines is 1. The van der Waals surface area contributed by atoms with Crippen LogP contribution in [0.4, 0.5) is 5.69 Å². The molecule has 2 aromatic rings. The summed E-state index contributed by atoms with van der Waals surface area (Å²) in [6.07, 6.45) is 5.95. The SMILES string of the molecule is CN(C)c1ccccc1CC1CCC(NC(=O)COC2CCCN(S(=O)(=O)c3c(Cl)cc(Cl)cc3Cl)C2)CC1. The van der Waals surface area contributed by atoms with Crippen LogP contribution >= 0.6 is 34.8 Å². The molecule has 1 unspecified atom stereocenters. The van der Waals surface area contributed by atoms with E-state index in [0.29, 0.717) is 25.3 Å². The number of sulfonamides is 1. The van der Waals surface area contributed by atoms with Gasteiger partial charge in [0.25, 0.3) is 0 Å². The Morgan fingerprint density at radius 2 is 1.72 bits per heavy atom. The third kappa shape index (κ3) is 7.80. The molecule has 0 spiro atoms. The molecule has 2 aromatic carbocycles. The first-order chi connectivity index (χ1) is 18.5. The minimum atomic E-state index is -3.94. The maximum atomic E-state index is 13.3. The highest BCUT2D eigenvalue weighted by Crippen LogP contribution is 2.36. The highest BCUT2D eigenvalue weighted by Gasteiger charge is 2.34. The van der Waals surface area contributed by atoms with Gasteiger partial charge in [0.1, 0.15) is 11.5 Å². The van der Waals surface area contributed by atoms with Crippen LogP contribution in [0.2, 0.25) is 15.1 Å². The highest BCUT2D eigenvalue weighted by molar-refractivity contribution is 7.89. The first kappa shape index (κ1) is 30.4. The number of ether oxygens (including phenoxy) is 1. The predicted molar refractivity (Wildman–Crippen MR) is 158 cm³/mol. The molecule has 1 saturated heterocycles. The van der Waals surface area contributed by atoms with Crippen LogP contribution in [0.5, 0.6) is 0 Å². The molecule has 1 saturated carbocycles. The van der Waals surface area contributed by atoms with E-state index in [2.05, 4.69) is 48.6 Å². The van der Waals surface area contributed by atoms with Gasteiger partial charge in [-0.3, -0.25) is 4.79 Å². The van der Waals surface area contributed by atoms with Gasteiger partial charge >= 0.3 is 0 Å². The summed E-state index contributed by atoms with van der Waals surface area (Å²) in [5.74, 6) is 0.438. The van der Waals surface area contributed by atoms with Crippen LogP contribution in [-0.2, 0) is 26.0 Å². The molecule has 1 aliphatic carbocycles. The molecule has 7 nitrogen and oxygen atoms in total. The Morgan fingerprint density at radius 3 is 2.38 bits per heavy atom. The van der Waals surface area contributed by atoms with Crippen LogP contribution in [0.3, 0.4) is 0 Å². The van der Waals surface area contributed by atoms with Crippen LogP contribution in [0.15, 0.2) is 41.3 Å². The second-order valence-electron chi connectivity index (χ2n) is 10.6. The lowest BCUT2D eigenvalue weighted by Gasteiger charge is -2.32. The summed E-state index contributed by atoms with van der Waals surface area (Å²) < 4.78 is 33.7. The molecule has 2 fully saturated rings. The second kappa shape index (κ2) is 13.4. The van der Waals surface area contributed by atoms with E-state index in [-0.39, 0.29) is 45.1 Å². The smallest absolute Gasteiger partial charge is 0.246 e. The standard InChI is InChI=1S/C28H36Cl3N3O4S/c1-33(2)26-8-4-3-6-20(26)14-19-9-11-22(12-10-19)32-27(35)18-38-23-7-5-13-34(17-23)39(36,37)28-24(30)15-21(29)16-25(28)31/h3-4,6,8,15-16,19,22-23H,5,7,9-14,17-18H2,1-2H3,(H,32,35). The molecular formula is C28H36Cl3N3O4S. The largest absolute Gasteiger partial charge is 0.377 e. The molecule has 4 rings (SSSR count). The molecule has 1 amide bonds. The number of hydrogen-bond acceptors (Lipinski definition) is 5. The third-order valence-corrected chi connectivity index (χ3v) is 10.6. The van der Waals surface area contributed by atoms with Gasteiger partial charge in [-0.05, 0) is 74.6 Å². The van der Waals surface area contributed by atoms with E-state index in [1.165, 1.54) is 27.7 Å². The monoisotopic (exact) mass is 615 g/mol. The summed E-state index contributed by atoms with van der Waals surface area (Å²) in [7, 11) is 0.201. The highest BCUT2D eigenvalue weighted by atomic mass is 35.5. The Bertz CT molecular complexity index is 1240. The molecular weight excluding hydrogens is 581 g/mol. The summed E-state index contributed by atoms with van der Waals surface area (Å²) in [5, 5.41) is 3.33. The van der Waals surface area contributed by atoms with Crippen molar-refractivity contribution in [2.24, 2.45) is 5.92 Å². The molecule has 2 aliphatic rings. The third-order valence-electron chi connectivity index (χ3n) is 7.55. The number of halogens is 3. The van der Waals surface area contributed by atoms with Crippen LogP contribution in [-0.4, -0.2) is 64.6 Å². The zero-order chi connectivity index (χ0) is 28.2. The zero-order valence-corrected chi connectivity index (χ0v) is 25.4. The summed E-state index contributed by atoms with van der Waals surface area (Å²) in [6.45, 7) is 0.355. The molecule has 1 atom stereocenters. The molecule has 11 heteroatoms. The van der Waals surface area contributed by atoms with Crippen molar-refractivity contribution < 1.29 is 17.9 Å². The van der Waals surface area contributed by atoms with Crippen molar-refractivity contribution in [1.29, 1.82) is 0 Å². The van der Waals surface area contributed by atoms with E-state index in [4.69, 9.17) is 39.5 Å². The van der Waals surface area contributed by atoms with Gasteiger partial charge in [-0.25, -0.2) is 8.42 Å². The number of carbonyl (C=O) groups is 1. The van der Waals surface area contributed by atoms with E-state index in [9.17, 15) is 13.2 Å². The predicted octanol–water partition coefficient (Wildman–Crippen LogP) is 5.80. The molecule has 214 valence electrons. The van der Waals surface area contributed by atoms with Gasteiger partial charge in [0.15, 0.2) is 0 Å². The lowest BCUT2D eigenvalue weighted by molar-refractivity contribution is -0.129. The Hall–Kier alpha value is -1.55. The minimum Gasteiger partial charge on any atom is -0.377 e. The minimum absolute atomic E-state index is 0.0217. The van der Waals surface area contributed by atoms with E-state index < -0.39 is 16.1 Å². The molecule has 0 aromatic heterocycles. The topological polar surface area (TPSA) is 79.0 Å². The van der Waals surface area contributed by atoms with Crippen molar-refractivity contribution in [1.82, 2.24) is 9.62 Å². The van der Waals surface area contributed by atoms with Gasteiger partial charge in [0, 0.05) is 43.9 Å². The van der Waals surface area contributed by atoms with Gasteiger partial charge in [0.2, 0.25) is 15.9 Å². The fourth-order valence-corrected chi connectivity index (χ4v) is 8.57. The van der Waals surface area contributed by atoms with Crippen molar-refractivity contribution in [3.05, 3.63) is 57.0 Å². The molecule has 1 N–H and O–H groups in total. The molecule has 0 radical (unpaired) electrons. The maximum Gasteiger partial charge on any atom is 0.246 e. The number of nitrogens with zero attached hydrogens (tertiary/aromatic N) is 2. The first-order valence-electron chi connectivity index (χ1n) is 13.4. The molecule has 0 bridgehead atoms. The number of para-hydroxylation sites is 1. The van der Waals surface area contributed by atoms with Gasteiger partial charge in [-0.15, -0.1) is 0 Å². The Labute approximate surface area is 246 Å². The fraction of sp³-hybridized carbons (Fsp3) is 0.536. The van der Waals surface area contributed by atoms with Crippen LogP contribution in [0.25, 0.3) is 0 Å². The number of benzene rings is 2. The van der Waals surface area contributed by atoms with E-state index in [1.807, 2.05) is 0 Å². The Balaban J connectivity index is 1.23. The van der Waals surface area contributed by atoms with Gasteiger partial charge < -0.3 is 15.0 Å². The summed E-state index contributed by atoms with van der Waals surface area (Å²) in [4.78, 5) is 14.6. The van der Waals surface area contributed by atoms with E-state index in [1.54, 1.807) is 0 Å². The number of piperidine rings is 1. The molecule has 1 aliphatic heterocycles. The number of hydrogen-bond donors (Lipinski definition) is 1. The maximum absolute atomic E-state index is 13.3. The van der Waals surface area contributed by atoms with E-state index >= 15 is 0 Å².